The molecule has 1 heterocycles. The van der Waals surface area contributed by atoms with Crippen LogP contribution >= 0.6 is 0 Å². The highest BCUT2D eigenvalue weighted by Crippen LogP contribution is 2.19. The van der Waals surface area contributed by atoms with E-state index in [1.165, 1.54) is 0 Å². The highest BCUT2D eigenvalue weighted by atomic mass is 16.3. The highest BCUT2D eigenvalue weighted by molar-refractivity contribution is 5.79. The fourth-order valence-corrected chi connectivity index (χ4v) is 2.66. The Morgan fingerprint density at radius 2 is 1.96 bits per heavy atom. The number of aliphatic imine (C=N–C) groups is 1. The van der Waals surface area contributed by atoms with Crippen molar-refractivity contribution in [3.05, 3.63) is 18.0 Å². The minimum atomic E-state index is -0.690. The number of guanidine groups is 1. The molecule has 23 heavy (non-hydrogen) atoms. The maximum absolute atomic E-state index is 10.7. The molecule has 0 saturated heterocycles. The lowest BCUT2D eigenvalue weighted by Crippen LogP contribution is -2.41. The summed E-state index contributed by atoms with van der Waals surface area (Å²) in [5.74, 6) is 0.752. The largest absolute Gasteiger partial charge is 0.388 e. The van der Waals surface area contributed by atoms with Crippen molar-refractivity contribution >= 4 is 5.96 Å². The quantitative estimate of drug-likeness (QED) is 0.455. The van der Waals surface area contributed by atoms with Gasteiger partial charge in [0.15, 0.2) is 5.96 Å². The zero-order valence-corrected chi connectivity index (χ0v) is 15.1. The minimum absolute atomic E-state index is 0.435. The Labute approximate surface area is 140 Å². The van der Waals surface area contributed by atoms with Crippen LogP contribution < -0.4 is 10.6 Å². The van der Waals surface area contributed by atoms with Crippen molar-refractivity contribution in [3.63, 3.8) is 0 Å². The van der Waals surface area contributed by atoms with Gasteiger partial charge in [0.2, 0.25) is 0 Å². The molecule has 3 N–H and O–H groups in total. The summed E-state index contributed by atoms with van der Waals surface area (Å²) >= 11 is 0. The van der Waals surface area contributed by atoms with Crippen LogP contribution in [0.15, 0.2) is 17.4 Å². The van der Waals surface area contributed by atoms with E-state index in [1.807, 2.05) is 30.9 Å². The summed E-state index contributed by atoms with van der Waals surface area (Å²) in [6.07, 6.45) is 7.39. The van der Waals surface area contributed by atoms with Crippen molar-refractivity contribution < 1.29 is 5.11 Å². The average molecular weight is 323 g/mol. The lowest BCUT2D eigenvalue weighted by Gasteiger charge is -2.26. The van der Waals surface area contributed by atoms with Crippen molar-refractivity contribution in [2.75, 3.05) is 19.6 Å². The predicted molar refractivity (Wildman–Crippen MR) is 95.7 cm³/mol. The van der Waals surface area contributed by atoms with Gasteiger partial charge >= 0.3 is 0 Å². The standard InChI is InChI=1S/C17H33N5O/c1-5-8-17(23,9-6-2)14-20-16(18-7-3)19-10-11-22-13-15(4)12-21-22/h12-13,23H,5-11,14H2,1-4H3,(H2,18,19,20). The van der Waals surface area contributed by atoms with E-state index in [4.69, 9.17) is 0 Å². The Kier molecular flexibility index (Phi) is 8.69. The lowest BCUT2D eigenvalue weighted by atomic mass is 9.93. The maximum atomic E-state index is 10.7. The monoisotopic (exact) mass is 323 g/mol. The first-order chi connectivity index (χ1) is 11.0. The molecule has 132 valence electrons. The summed E-state index contributed by atoms with van der Waals surface area (Å²) in [6.45, 7) is 11.0. The first-order valence-corrected chi connectivity index (χ1v) is 8.76. The number of hydrogen-bond acceptors (Lipinski definition) is 3. The molecule has 0 amide bonds. The van der Waals surface area contributed by atoms with Crippen LogP contribution in [0.5, 0.6) is 0 Å². The molecule has 0 atom stereocenters. The van der Waals surface area contributed by atoms with Gasteiger partial charge in [-0.3, -0.25) is 9.67 Å². The number of nitrogens with one attached hydrogen (secondary N) is 2. The van der Waals surface area contributed by atoms with E-state index in [0.29, 0.717) is 6.54 Å². The second-order valence-corrected chi connectivity index (χ2v) is 6.13. The molecule has 1 aromatic rings. The van der Waals surface area contributed by atoms with Crippen molar-refractivity contribution in [1.29, 1.82) is 0 Å². The van der Waals surface area contributed by atoms with E-state index in [9.17, 15) is 5.11 Å². The third-order valence-corrected chi connectivity index (χ3v) is 3.70. The first kappa shape index (κ1) is 19.5. The second kappa shape index (κ2) is 10.3. The highest BCUT2D eigenvalue weighted by Gasteiger charge is 2.24. The summed E-state index contributed by atoms with van der Waals surface area (Å²) in [6, 6.07) is 0. The van der Waals surface area contributed by atoms with Gasteiger partial charge in [-0.2, -0.15) is 5.10 Å². The number of aryl methyl sites for hydroxylation is 1. The van der Waals surface area contributed by atoms with Crippen molar-refractivity contribution in [2.24, 2.45) is 4.99 Å². The molecule has 1 aromatic heterocycles. The Bertz CT molecular complexity index is 463. The zero-order chi connectivity index (χ0) is 17.1. The van der Waals surface area contributed by atoms with Gasteiger partial charge in [0.25, 0.3) is 0 Å². The molecule has 0 bridgehead atoms. The molecule has 0 aliphatic heterocycles. The fourth-order valence-electron chi connectivity index (χ4n) is 2.66. The van der Waals surface area contributed by atoms with Gasteiger partial charge in [-0.1, -0.05) is 26.7 Å². The van der Waals surface area contributed by atoms with E-state index >= 15 is 0 Å². The van der Waals surface area contributed by atoms with Gasteiger partial charge in [-0.25, -0.2) is 0 Å². The summed E-state index contributed by atoms with van der Waals surface area (Å²) in [4.78, 5) is 4.57. The molecule has 0 aromatic carbocycles. The van der Waals surface area contributed by atoms with Gasteiger partial charge in [0.1, 0.15) is 0 Å². The van der Waals surface area contributed by atoms with E-state index in [2.05, 4.69) is 34.6 Å². The molecule has 6 nitrogen and oxygen atoms in total. The van der Waals surface area contributed by atoms with Gasteiger partial charge in [0, 0.05) is 19.3 Å². The Morgan fingerprint density at radius 1 is 1.26 bits per heavy atom. The lowest BCUT2D eigenvalue weighted by molar-refractivity contribution is 0.0306. The number of nitrogens with zero attached hydrogens (tertiary/aromatic N) is 3. The van der Waals surface area contributed by atoms with Gasteiger partial charge < -0.3 is 15.7 Å². The Morgan fingerprint density at radius 3 is 2.48 bits per heavy atom. The number of rotatable bonds is 10. The number of aliphatic hydroxyl groups is 1. The SMILES string of the molecule is CCCC(O)(CCC)CN=C(NCC)NCCn1cc(C)cn1. The smallest absolute Gasteiger partial charge is 0.191 e. The van der Waals surface area contributed by atoms with Crippen molar-refractivity contribution in [2.45, 2.75) is 65.5 Å². The zero-order valence-electron chi connectivity index (χ0n) is 15.1. The molecule has 0 saturated carbocycles. The van der Waals surface area contributed by atoms with Crippen LogP contribution in [0.25, 0.3) is 0 Å². The summed E-state index contributed by atoms with van der Waals surface area (Å²) in [5, 5.41) is 21.5. The molecule has 0 unspecified atom stereocenters. The minimum Gasteiger partial charge on any atom is -0.388 e. The number of hydrogen-bond donors (Lipinski definition) is 3. The fraction of sp³-hybridized carbons (Fsp3) is 0.765. The molecule has 0 spiro atoms. The normalized spacial score (nSPS) is 12.5. The predicted octanol–water partition coefficient (Wildman–Crippen LogP) is 2.08. The second-order valence-electron chi connectivity index (χ2n) is 6.13. The van der Waals surface area contributed by atoms with Gasteiger partial charge in [-0.15, -0.1) is 0 Å². The van der Waals surface area contributed by atoms with Gasteiger partial charge in [0.05, 0.1) is 24.9 Å². The Balaban J connectivity index is 2.54. The molecule has 0 fully saturated rings. The summed E-state index contributed by atoms with van der Waals surface area (Å²) < 4.78 is 1.91. The molecule has 0 radical (unpaired) electrons. The number of aromatic nitrogens is 2. The summed E-state index contributed by atoms with van der Waals surface area (Å²) in [5.41, 5.74) is 0.472. The third kappa shape index (κ3) is 7.50. The Hall–Kier alpha value is -1.56. The molecular formula is C17H33N5O. The van der Waals surface area contributed by atoms with Crippen molar-refractivity contribution in [3.8, 4) is 0 Å². The van der Waals surface area contributed by atoms with E-state index in [0.717, 1.165) is 56.8 Å². The molecule has 0 aliphatic carbocycles. The molecule has 1 rings (SSSR count). The van der Waals surface area contributed by atoms with Crippen LogP contribution in [0.1, 0.15) is 52.0 Å². The van der Waals surface area contributed by atoms with Crippen LogP contribution in [-0.2, 0) is 6.54 Å². The third-order valence-electron chi connectivity index (χ3n) is 3.70. The van der Waals surface area contributed by atoms with E-state index in [1.54, 1.807) is 0 Å². The maximum Gasteiger partial charge on any atom is 0.191 e. The van der Waals surface area contributed by atoms with Crippen LogP contribution in [-0.4, -0.2) is 46.1 Å². The average Bonchev–Trinajstić information content (AvgIpc) is 2.91. The molecule has 6 heteroatoms. The van der Waals surface area contributed by atoms with Gasteiger partial charge in [-0.05, 0) is 32.3 Å². The summed E-state index contributed by atoms with van der Waals surface area (Å²) in [7, 11) is 0. The topological polar surface area (TPSA) is 74.5 Å². The van der Waals surface area contributed by atoms with Crippen LogP contribution in [0.4, 0.5) is 0 Å². The first-order valence-electron chi connectivity index (χ1n) is 8.76. The van der Waals surface area contributed by atoms with Crippen LogP contribution in [0, 0.1) is 6.92 Å². The molecular weight excluding hydrogens is 290 g/mol. The van der Waals surface area contributed by atoms with Crippen LogP contribution in [0.2, 0.25) is 0 Å². The van der Waals surface area contributed by atoms with E-state index in [-0.39, 0.29) is 0 Å². The molecule has 0 aliphatic rings. The van der Waals surface area contributed by atoms with Crippen LogP contribution in [0.3, 0.4) is 0 Å². The van der Waals surface area contributed by atoms with E-state index < -0.39 is 5.60 Å². The van der Waals surface area contributed by atoms with Crippen molar-refractivity contribution in [1.82, 2.24) is 20.4 Å².